The Morgan fingerprint density at radius 3 is 2.50 bits per heavy atom. The van der Waals surface area contributed by atoms with Crippen LogP contribution in [0.25, 0.3) is 0 Å². The van der Waals surface area contributed by atoms with Gasteiger partial charge in [-0.05, 0) is 18.2 Å². The first-order chi connectivity index (χ1) is 4.33. The molecule has 0 spiro atoms. The fraction of sp³-hybridized carbons (Fsp3) is 0. The monoisotopic (exact) mass is 225 g/mol. The van der Waals surface area contributed by atoms with Gasteiger partial charge in [0.15, 0.2) is 0 Å². The lowest BCUT2D eigenvalue weighted by Gasteiger charge is -1.94. The molecule has 0 aliphatic rings. The van der Waals surface area contributed by atoms with Crippen LogP contribution in [0, 0.1) is 5.82 Å². The van der Waals surface area contributed by atoms with E-state index in [1.54, 1.807) is 12.1 Å². The van der Waals surface area contributed by atoms with Gasteiger partial charge in [0, 0.05) is 21.8 Å². The van der Waals surface area contributed by atoms with Gasteiger partial charge < -0.3 is 4.34 Å². The summed E-state index contributed by atoms with van der Waals surface area (Å²) >= 11 is 2.97. The van der Waals surface area contributed by atoms with E-state index >= 15 is 0 Å². The minimum absolute atomic E-state index is 0. The first-order valence-corrected chi connectivity index (χ1v) is 3.24. The van der Waals surface area contributed by atoms with Gasteiger partial charge in [-0.25, -0.2) is 4.39 Å². The molecule has 0 saturated carbocycles. The lowest BCUT2D eigenvalue weighted by atomic mass is 10.3. The third-order valence-corrected chi connectivity index (χ3v) is 1.39. The molecule has 0 unspecified atom stereocenters. The minimum Gasteiger partial charge on any atom is -0.322 e. The van der Waals surface area contributed by atoms with Gasteiger partial charge in [0.2, 0.25) is 0 Å². The van der Waals surface area contributed by atoms with E-state index in [4.69, 9.17) is 0 Å². The highest BCUT2D eigenvalue weighted by Crippen LogP contribution is 2.09. The molecule has 10 heavy (non-hydrogen) atoms. The number of hydrogen-bond acceptors (Lipinski definition) is 1. The van der Waals surface area contributed by atoms with Crippen molar-refractivity contribution in [2.24, 2.45) is 0 Å². The molecule has 0 heterocycles. The third-order valence-electron chi connectivity index (χ3n) is 0.934. The summed E-state index contributed by atoms with van der Waals surface area (Å²) in [7, 11) is 0. The van der Waals surface area contributed by atoms with E-state index in [1.807, 2.05) is 0 Å². The molecular weight excluding hydrogens is 220 g/mol. The van der Waals surface area contributed by atoms with Crippen LogP contribution in [-0.2, 0) is 0 Å². The van der Waals surface area contributed by atoms with E-state index in [0.29, 0.717) is 0 Å². The predicted octanol–water partition coefficient (Wildman–Crippen LogP) is 2.97. The van der Waals surface area contributed by atoms with Crippen LogP contribution in [0.5, 0.6) is 0 Å². The topological polar surface area (TPSA) is 12.0 Å². The van der Waals surface area contributed by atoms with Crippen LogP contribution in [0.15, 0.2) is 24.3 Å². The molecule has 0 bridgehead atoms. The lowest BCUT2D eigenvalue weighted by Crippen LogP contribution is -1.79. The maximum absolute atomic E-state index is 12.3. The zero-order valence-corrected chi connectivity index (χ0v) is 7.38. The summed E-state index contributed by atoms with van der Waals surface area (Å²) in [5.41, 5.74) is 0.718. The van der Waals surface area contributed by atoms with Gasteiger partial charge in [-0.15, -0.1) is 12.4 Å². The maximum atomic E-state index is 12.3. The normalized spacial score (nSPS) is 8.20. The van der Waals surface area contributed by atoms with E-state index in [2.05, 4.69) is 20.5 Å². The fourth-order valence-corrected chi connectivity index (χ4v) is 0.794. The summed E-state index contributed by atoms with van der Waals surface area (Å²) in [5.74, 6) is -0.237. The molecule has 0 amide bonds. The molecule has 0 radical (unpaired) electrons. The summed E-state index contributed by atoms with van der Waals surface area (Å²) in [6.45, 7) is 0. The van der Waals surface area contributed by atoms with Gasteiger partial charge in [-0.2, -0.15) is 0 Å². The minimum atomic E-state index is -0.237. The summed E-state index contributed by atoms with van der Waals surface area (Å²) in [4.78, 5) is 0. The van der Waals surface area contributed by atoms with Crippen LogP contribution in [0.2, 0.25) is 0 Å². The number of nitrogens with one attached hydrogen (secondary N) is 1. The first kappa shape index (κ1) is 9.72. The van der Waals surface area contributed by atoms with Crippen LogP contribution in [0.4, 0.5) is 10.1 Å². The molecule has 4 heteroatoms. The highest BCUT2D eigenvalue weighted by Gasteiger charge is 1.89. The molecule has 1 N–H and O–H groups in total. The van der Waals surface area contributed by atoms with Crippen LogP contribution in [0.1, 0.15) is 0 Å². The van der Waals surface area contributed by atoms with E-state index in [-0.39, 0.29) is 18.2 Å². The summed E-state index contributed by atoms with van der Waals surface area (Å²) < 4.78 is 14.9. The highest BCUT2D eigenvalue weighted by molar-refractivity contribution is 9.10. The third kappa shape index (κ3) is 2.54. The average Bonchev–Trinajstić information content (AvgIpc) is 1.88. The van der Waals surface area contributed by atoms with Crippen molar-refractivity contribution in [3.63, 3.8) is 0 Å². The van der Waals surface area contributed by atoms with Gasteiger partial charge in [0.1, 0.15) is 5.82 Å². The number of benzene rings is 1. The Balaban J connectivity index is 0.000000810. The Morgan fingerprint density at radius 1 is 1.40 bits per heavy atom. The smallest absolute Gasteiger partial charge is 0.125 e. The Labute approximate surface area is 73.4 Å². The molecule has 0 aliphatic heterocycles. The van der Waals surface area contributed by atoms with Crippen molar-refractivity contribution in [3.8, 4) is 0 Å². The SMILES string of the molecule is Cl.Fc1cccc(NBr)c1. The molecule has 1 aromatic rings. The standard InChI is InChI=1S/C6H5BrFN.ClH/c7-9-6-3-1-2-5(8)4-6;/h1-4,9H;1H. The molecule has 56 valence electrons. The molecule has 0 atom stereocenters. The number of rotatable bonds is 1. The summed E-state index contributed by atoms with van der Waals surface area (Å²) in [6.07, 6.45) is 0. The molecule has 1 nitrogen and oxygen atoms in total. The summed E-state index contributed by atoms with van der Waals surface area (Å²) in [5, 5.41) is 0. The van der Waals surface area contributed by atoms with Crippen molar-refractivity contribution in [2.75, 3.05) is 4.34 Å². The zero-order valence-electron chi connectivity index (χ0n) is 4.97. The molecule has 0 aliphatic carbocycles. The molecular formula is C6H6BrClFN. The predicted molar refractivity (Wildman–Crippen MR) is 46.2 cm³/mol. The highest BCUT2D eigenvalue weighted by atomic mass is 79.9. The van der Waals surface area contributed by atoms with Crippen molar-refractivity contribution in [2.45, 2.75) is 0 Å². The van der Waals surface area contributed by atoms with Gasteiger partial charge in [0.05, 0.1) is 0 Å². The Bertz CT molecular complexity index is 207. The van der Waals surface area contributed by atoms with E-state index in [1.165, 1.54) is 12.1 Å². The molecule has 1 aromatic carbocycles. The maximum Gasteiger partial charge on any atom is 0.125 e. The van der Waals surface area contributed by atoms with Crippen molar-refractivity contribution < 1.29 is 4.39 Å². The molecule has 0 saturated heterocycles. The van der Waals surface area contributed by atoms with E-state index in [9.17, 15) is 4.39 Å². The van der Waals surface area contributed by atoms with Crippen molar-refractivity contribution >= 4 is 34.2 Å². The number of hydrogen-bond donors (Lipinski definition) is 1. The Hall–Kier alpha value is -0.280. The van der Waals surface area contributed by atoms with Crippen LogP contribution >= 0.6 is 28.6 Å². The second-order valence-corrected chi connectivity index (χ2v) is 2.00. The van der Waals surface area contributed by atoms with Crippen LogP contribution in [0.3, 0.4) is 0 Å². The van der Waals surface area contributed by atoms with Gasteiger partial charge >= 0.3 is 0 Å². The van der Waals surface area contributed by atoms with Crippen molar-refractivity contribution in [1.82, 2.24) is 0 Å². The Kier molecular flexibility index (Phi) is 4.40. The van der Waals surface area contributed by atoms with Crippen molar-refractivity contribution in [1.29, 1.82) is 0 Å². The van der Waals surface area contributed by atoms with E-state index in [0.717, 1.165) is 5.69 Å². The lowest BCUT2D eigenvalue weighted by molar-refractivity contribution is 0.628. The number of anilines is 1. The Morgan fingerprint density at radius 2 is 2.10 bits per heavy atom. The first-order valence-electron chi connectivity index (χ1n) is 2.45. The fourth-order valence-electron chi connectivity index (χ4n) is 0.547. The van der Waals surface area contributed by atoms with Crippen LogP contribution < -0.4 is 4.34 Å². The van der Waals surface area contributed by atoms with Crippen LogP contribution in [-0.4, -0.2) is 0 Å². The molecule has 0 aromatic heterocycles. The van der Waals surface area contributed by atoms with E-state index < -0.39 is 0 Å². The zero-order chi connectivity index (χ0) is 6.69. The number of halogens is 3. The second kappa shape index (κ2) is 4.52. The van der Waals surface area contributed by atoms with Crippen molar-refractivity contribution in [3.05, 3.63) is 30.1 Å². The molecule has 1 rings (SSSR count). The van der Waals surface area contributed by atoms with Gasteiger partial charge in [-0.1, -0.05) is 6.07 Å². The van der Waals surface area contributed by atoms with Gasteiger partial charge in [-0.3, -0.25) is 0 Å². The summed E-state index contributed by atoms with van der Waals surface area (Å²) in [6, 6.07) is 6.19. The van der Waals surface area contributed by atoms with Gasteiger partial charge in [0.25, 0.3) is 0 Å². The largest absolute Gasteiger partial charge is 0.322 e. The average molecular weight is 226 g/mol. The second-order valence-electron chi connectivity index (χ2n) is 1.60. The quantitative estimate of drug-likeness (QED) is 0.726. The molecule has 0 fully saturated rings.